The molecular weight excluding hydrogens is 594 g/mol. The number of nitrogens with zero attached hydrogens (tertiary/aromatic N) is 1. The minimum Gasteiger partial charge on any atom is -0.490 e. The summed E-state index contributed by atoms with van der Waals surface area (Å²) in [5.74, 6) is 1.04. The van der Waals surface area contributed by atoms with Crippen molar-refractivity contribution in [3.63, 3.8) is 0 Å². The second-order valence-corrected chi connectivity index (χ2v) is 11.9. The summed E-state index contributed by atoms with van der Waals surface area (Å²) >= 11 is 3.78. The molecule has 0 unspecified atom stereocenters. The lowest BCUT2D eigenvalue weighted by Gasteiger charge is -2.44. The Kier molecular flexibility index (Phi) is 8.50. The van der Waals surface area contributed by atoms with Crippen molar-refractivity contribution >= 4 is 38.3 Å². The van der Waals surface area contributed by atoms with Crippen molar-refractivity contribution in [1.29, 1.82) is 0 Å². The van der Waals surface area contributed by atoms with E-state index in [9.17, 15) is 9.59 Å². The number of ketones is 2. The summed E-state index contributed by atoms with van der Waals surface area (Å²) in [4.78, 5) is 29.5. The molecule has 218 valence electrons. The van der Waals surface area contributed by atoms with E-state index in [1.54, 1.807) is 7.11 Å². The molecule has 0 spiro atoms. The molecule has 0 fully saturated rings. The van der Waals surface area contributed by atoms with E-state index >= 15 is 0 Å². The average Bonchev–Trinajstić information content (AvgIpc) is 2.99. The van der Waals surface area contributed by atoms with Gasteiger partial charge in [0.15, 0.2) is 23.1 Å². The third kappa shape index (κ3) is 5.29. The van der Waals surface area contributed by atoms with Crippen LogP contribution < -0.4 is 9.47 Å². The van der Waals surface area contributed by atoms with Crippen molar-refractivity contribution in [1.82, 2.24) is 4.90 Å². The van der Waals surface area contributed by atoms with Crippen molar-refractivity contribution in [3.8, 4) is 11.5 Å². The van der Waals surface area contributed by atoms with E-state index in [0.29, 0.717) is 50.7 Å². The van der Waals surface area contributed by atoms with Crippen LogP contribution in [0, 0.1) is 0 Å². The maximum Gasteiger partial charge on any atom is 0.175 e. The van der Waals surface area contributed by atoms with Crippen LogP contribution in [0.25, 0.3) is 10.8 Å². The number of hydrogen-bond donors (Lipinski definition) is 0. The van der Waals surface area contributed by atoms with Crippen LogP contribution >= 0.6 is 15.9 Å². The smallest absolute Gasteiger partial charge is 0.175 e. The summed E-state index contributed by atoms with van der Waals surface area (Å²) in [6.07, 6.45) is 4.26. The van der Waals surface area contributed by atoms with Crippen LogP contribution in [0.4, 0.5) is 0 Å². The first-order chi connectivity index (χ1) is 20.5. The SMILES string of the molecule is CCOc1cc(C2C3=C(CCCC3=O)N(CCOC)C3=C2C(=O)CCC3)cc(Br)c1OCc1cccc2ccccc12. The van der Waals surface area contributed by atoms with E-state index < -0.39 is 5.92 Å². The van der Waals surface area contributed by atoms with Gasteiger partial charge < -0.3 is 19.1 Å². The fourth-order valence-electron chi connectivity index (χ4n) is 6.73. The molecular formula is C35H36BrNO5. The molecule has 1 aliphatic heterocycles. The van der Waals surface area contributed by atoms with Gasteiger partial charge in [0.1, 0.15) is 6.61 Å². The summed E-state index contributed by atoms with van der Waals surface area (Å²) in [5.41, 5.74) is 5.56. The van der Waals surface area contributed by atoms with Gasteiger partial charge in [0, 0.05) is 55.0 Å². The molecule has 3 aromatic carbocycles. The van der Waals surface area contributed by atoms with E-state index in [0.717, 1.165) is 74.6 Å². The maximum atomic E-state index is 13.6. The van der Waals surface area contributed by atoms with Gasteiger partial charge in [0.05, 0.1) is 17.7 Å². The first kappa shape index (κ1) is 28.7. The summed E-state index contributed by atoms with van der Waals surface area (Å²) < 4.78 is 18.7. The van der Waals surface area contributed by atoms with Gasteiger partial charge in [0.25, 0.3) is 0 Å². The Morgan fingerprint density at radius 3 is 2.26 bits per heavy atom. The Balaban J connectivity index is 1.43. The lowest BCUT2D eigenvalue weighted by Crippen LogP contribution is -2.40. The number of ether oxygens (including phenoxy) is 3. The summed E-state index contributed by atoms with van der Waals surface area (Å²) in [6, 6.07) is 18.5. The number of carbonyl (C=O) groups is 2. The minimum absolute atomic E-state index is 0.124. The predicted molar refractivity (Wildman–Crippen MR) is 167 cm³/mol. The van der Waals surface area contributed by atoms with E-state index in [4.69, 9.17) is 14.2 Å². The third-order valence-electron chi connectivity index (χ3n) is 8.52. The van der Waals surface area contributed by atoms with E-state index in [-0.39, 0.29) is 11.6 Å². The first-order valence-electron chi connectivity index (χ1n) is 14.9. The van der Waals surface area contributed by atoms with E-state index in [1.807, 2.05) is 37.3 Å². The molecule has 2 aliphatic carbocycles. The number of allylic oxidation sites excluding steroid dienone is 4. The van der Waals surface area contributed by atoms with Crippen molar-refractivity contribution in [2.24, 2.45) is 0 Å². The molecule has 3 aromatic rings. The second kappa shape index (κ2) is 12.4. The van der Waals surface area contributed by atoms with Crippen LogP contribution in [0.3, 0.4) is 0 Å². The zero-order valence-corrected chi connectivity index (χ0v) is 25.8. The third-order valence-corrected chi connectivity index (χ3v) is 9.11. The van der Waals surface area contributed by atoms with Crippen LogP contribution in [0.2, 0.25) is 0 Å². The Labute approximate surface area is 255 Å². The largest absolute Gasteiger partial charge is 0.490 e. The zero-order chi connectivity index (χ0) is 29.2. The fraction of sp³-hybridized carbons (Fsp3) is 0.371. The normalized spacial score (nSPS) is 17.5. The van der Waals surface area contributed by atoms with Gasteiger partial charge in [-0.25, -0.2) is 0 Å². The number of Topliss-reactive ketones (excluding diaryl/α,β-unsaturated/α-hetero) is 2. The number of hydrogen-bond acceptors (Lipinski definition) is 6. The van der Waals surface area contributed by atoms with E-state index in [1.165, 1.54) is 0 Å². The molecule has 0 bridgehead atoms. The van der Waals surface area contributed by atoms with Crippen molar-refractivity contribution < 1.29 is 23.8 Å². The number of halogens is 1. The maximum absolute atomic E-state index is 13.6. The molecule has 0 aromatic heterocycles. The van der Waals surface area contributed by atoms with Crippen molar-refractivity contribution in [2.45, 2.75) is 58.0 Å². The summed E-state index contributed by atoms with van der Waals surface area (Å²) in [7, 11) is 1.69. The minimum atomic E-state index is -0.419. The van der Waals surface area contributed by atoms with Crippen LogP contribution in [-0.2, 0) is 20.9 Å². The lowest BCUT2D eigenvalue weighted by molar-refractivity contribution is -0.117. The molecule has 0 radical (unpaired) electrons. The number of fused-ring (bicyclic) bond motifs is 1. The highest BCUT2D eigenvalue weighted by Crippen LogP contribution is 2.51. The van der Waals surface area contributed by atoms with Crippen molar-refractivity contribution in [3.05, 3.63) is 92.7 Å². The molecule has 42 heavy (non-hydrogen) atoms. The van der Waals surface area contributed by atoms with Crippen LogP contribution in [0.5, 0.6) is 11.5 Å². The molecule has 1 heterocycles. The second-order valence-electron chi connectivity index (χ2n) is 11.0. The molecule has 7 heteroatoms. The summed E-state index contributed by atoms with van der Waals surface area (Å²) in [6.45, 7) is 3.94. The lowest BCUT2D eigenvalue weighted by atomic mass is 9.71. The van der Waals surface area contributed by atoms with Gasteiger partial charge in [-0.05, 0) is 82.6 Å². The number of carbonyl (C=O) groups excluding carboxylic acids is 2. The molecule has 6 nitrogen and oxygen atoms in total. The van der Waals surface area contributed by atoms with Gasteiger partial charge in [-0.15, -0.1) is 0 Å². The number of methoxy groups -OCH3 is 1. The zero-order valence-electron chi connectivity index (χ0n) is 24.2. The molecule has 0 N–H and O–H groups in total. The molecule has 0 saturated heterocycles. The highest BCUT2D eigenvalue weighted by molar-refractivity contribution is 9.10. The van der Waals surface area contributed by atoms with Gasteiger partial charge in [-0.2, -0.15) is 0 Å². The van der Waals surface area contributed by atoms with E-state index in [2.05, 4.69) is 45.1 Å². The molecule has 0 saturated carbocycles. The van der Waals surface area contributed by atoms with Gasteiger partial charge in [0.2, 0.25) is 0 Å². The first-order valence-corrected chi connectivity index (χ1v) is 15.7. The van der Waals surface area contributed by atoms with Crippen LogP contribution in [0.15, 0.2) is 81.6 Å². The molecule has 6 rings (SSSR count). The summed E-state index contributed by atoms with van der Waals surface area (Å²) in [5, 5.41) is 2.31. The predicted octanol–water partition coefficient (Wildman–Crippen LogP) is 7.64. The Morgan fingerprint density at radius 1 is 0.881 bits per heavy atom. The number of benzene rings is 3. The van der Waals surface area contributed by atoms with Crippen LogP contribution in [-0.4, -0.2) is 43.3 Å². The van der Waals surface area contributed by atoms with Gasteiger partial charge in [-0.3, -0.25) is 9.59 Å². The average molecular weight is 631 g/mol. The Morgan fingerprint density at radius 2 is 1.57 bits per heavy atom. The topological polar surface area (TPSA) is 65.1 Å². The quantitative estimate of drug-likeness (QED) is 0.242. The highest BCUT2D eigenvalue weighted by atomic mass is 79.9. The van der Waals surface area contributed by atoms with Crippen LogP contribution in [0.1, 0.15) is 62.5 Å². The molecule has 0 amide bonds. The Hall–Kier alpha value is -3.42. The van der Waals surface area contributed by atoms with Gasteiger partial charge >= 0.3 is 0 Å². The van der Waals surface area contributed by atoms with Crippen molar-refractivity contribution in [2.75, 3.05) is 26.9 Å². The highest BCUT2D eigenvalue weighted by Gasteiger charge is 2.43. The number of rotatable bonds is 9. The van der Waals surface area contributed by atoms with Gasteiger partial charge in [-0.1, -0.05) is 42.5 Å². The fourth-order valence-corrected chi connectivity index (χ4v) is 7.30. The molecule has 0 atom stereocenters. The molecule has 3 aliphatic rings. The standard InChI is InChI=1S/C35H36BrNO5/c1-3-41-31-20-24(19-26(36)35(31)42-21-23-11-6-10-22-9-4-5-12-25(22)23)32-33-27(13-7-15-29(33)38)37(17-18-40-2)28-14-8-16-30(39)34(28)32/h4-6,9-12,19-20,32H,3,7-8,13-18,21H2,1-2H3. The Bertz CT molecular complexity index is 1560. The monoisotopic (exact) mass is 629 g/mol.